The van der Waals surface area contributed by atoms with Gasteiger partial charge in [0.2, 0.25) is 5.95 Å². The summed E-state index contributed by atoms with van der Waals surface area (Å²) in [6.07, 6.45) is 6.64. The monoisotopic (exact) mass is 296 g/mol. The Balaban J connectivity index is 1.94. The van der Waals surface area contributed by atoms with E-state index in [0.29, 0.717) is 24.3 Å². The SMILES string of the molecule is CCCNc1ncc(F)c(NCC2CCCCC2CO)n1. The maximum atomic E-state index is 13.8. The Morgan fingerprint density at radius 1 is 1.29 bits per heavy atom. The number of anilines is 2. The highest BCUT2D eigenvalue weighted by molar-refractivity contribution is 5.41. The largest absolute Gasteiger partial charge is 0.396 e. The summed E-state index contributed by atoms with van der Waals surface area (Å²) < 4.78 is 13.8. The van der Waals surface area contributed by atoms with Crippen molar-refractivity contribution >= 4 is 11.8 Å². The molecule has 21 heavy (non-hydrogen) atoms. The minimum atomic E-state index is -0.437. The van der Waals surface area contributed by atoms with Crippen molar-refractivity contribution in [1.82, 2.24) is 9.97 Å². The molecule has 0 aliphatic heterocycles. The zero-order valence-electron chi connectivity index (χ0n) is 12.6. The zero-order valence-corrected chi connectivity index (χ0v) is 12.6. The van der Waals surface area contributed by atoms with Crippen molar-refractivity contribution in [2.24, 2.45) is 11.8 Å². The molecule has 1 aromatic rings. The standard InChI is InChI=1S/C15H25FN4O/c1-2-7-17-15-19-9-13(16)14(20-15)18-8-11-5-3-4-6-12(11)10-21/h9,11-12,21H,2-8,10H2,1H3,(H2,17,18,19,20). The maximum absolute atomic E-state index is 13.8. The highest BCUT2D eigenvalue weighted by Gasteiger charge is 2.24. The molecule has 0 aromatic carbocycles. The van der Waals surface area contributed by atoms with Crippen molar-refractivity contribution in [2.75, 3.05) is 30.3 Å². The molecule has 0 spiro atoms. The number of nitrogens with one attached hydrogen (secondary N) is 2. The van der Waals surface area contributed by atoms with Gasteiger partial charge in [-0.3, -0.25) is 0 Å². The van der Waals surface area contributed by atoms with Crippen LogP contribution in [0.15, 0.2) is 6.20 Å². The summed E-state index contributed by atoms with van der Waals surface area (Å²) in [5.74, 6) is 0.946. The van der Waals surface area contributed by atoms with Gasteiger partial charge in [-0.1, -0.05) is 19.8 Å². The summed E-state index contributed by atoms with van der Waals surface area (Å²) in [5, 5.41) is 15.6. The van der Waals surface area contributed by atoms with Crippen LogP contribution in [0, 0.1) is 17.7 Å². The fourth-order valence-electron chi connectivity index (χ4n) is 2.83. The first-order valence-electron chi connectivity index (χ1n) is 7.85. The summed E-state index contributed by atoms with van der Waals surface area (Å²) in [6.45, 7) is 3.67. The molecule has 0 amide bonds. The lowest BCUT2D eigenvalue weighted by molar-refractivity contribution is 0.141. The summed E-state index contributed by atoms with van der Waals surface area (Å²) in [5.41, 5.74) is 0. The van der Waals surface area contributed by atoms with Crippen molar-refractivity contribution in [2.45, 2.75) is 39.0 Å². The second-order valence-corrected chi connectivity index (χ2v) is 5.69. The third kappa shape index (κ3) is 4.52. The molecule has 0 bridgehead atoms. The Morgan fingerprint density at radius 2 is 2.05 bits per heavy atom. The molecule has 1 saturated carbocycles. The minimum absolute atomic E-state index is 0.210. The number of hydrogen-bond donors (Lipinski definition) is 3. The van der Waals surface area contributed by atoms with Crippen LogP contribution >= 0.6 is 0 Å². The lowest BCUT2D eigenvalue weighted by Gasteiger charge is -2.30. The van der Waals surface area contributed by atoms with Crippen LogP contribution in [-0.4, -0.2) is 34.8 Å². The highest BCUT2D eigenvalue weighted by atomic mass is 19.1. The van der Waals surface area contributed by atoms with Crippen LogP contribution in [0.1, 0.15) is 39.0 Å². The van der Waals surface area contributed by atoms with Gasteiger partial charge in [-0.05, 0) is 31.1 Å². The van der Waals surface area contributed by atoms with Gasteiger partial charge >= 0.3 is 0 Å². The first-order chi connectivity index (χ1) is 10.2. The normalized spacial score (nSPS) is 22.0. The van der Waals surface area contributed by atoms with Crippen LogP contribution in [0.25, 0.3) is 0 Å². The van der Waals surface area contributed by atoms with Gasteiger partial charge in [-0.2, -0.15) is 4.98 Å². The third-order valence-electron chi connectivity index (χ3n) is 4.11. The summed E-state index contributed by atoms with van der Waals surface area (Å²) in [6, 6.07) is 0. The molecule has 1 aliphatic rings. The van der Waals surface area contributed by atoms with Crippen LogP contribution in [0.3, 0.4) is 0 Å². The number of aliphatic hydroxyl groups excluding tert-OH is 1. The van der Waals surface area contributed by atoms with Gasteiger partial charge in [0.15, 0.2) is 11.6 Å². The van der Waals surface area contributed by atoms with Crippen molar-refractivity contribution in [1.29, 1.82) is 0 Å². The van der Waals surface area contributed by atoms with Crippen LogP contribution in [0.5, 0.6) is 0 Å². The number of aromatic nitrogens is 2. The Labute approximate surface area is 125 Å². The number of hydrogen-bond acceptors (Lipinski definition) is 5. The molecule has 2 rings (SSSR count). The topological polar surface area (TPSA) is 70.1 Å². The summed E-state index contributed by atoms with van der Waals surface area (Å²) in [4.78, 5) is 8.10. The predicted octanol–water partition coefficient (Wildman–Crippen LogP) is 2.65. The van der Waals surface area contributed by atoms with E-state index in [0.717, 1.165) is 25.8 Å². The smallest absolute Gasteiger partial charge is 0.224 e. The molecular weight excluding hydrogens is 271 g/mol. The average Bonchev–Trinajstić information content (AvgIpc) is 2.53. The molecule has 0 radical (unpaired) electrons. The summed E-state index contributed by atoms with van der Waals surface area (Å²) in [7, 11) is 0. The quantitative estimate of drug-likeness (QED) is 0.721. The van der Waals surface area contributed by atoms with Gasteiger partial charge in [-0.25, -0.2) is 9.37 Å². The Morgan fingerprint density at radius 3 is 2.76 bits per heavy atom. The molecule has 0 saturated heterocycles. The number of aliphatic hydroxyl groups is 1. The van der Waals surface area contributed by atoms with Gasteiger partial charge in [0, 0.05) is 19.7 Å². The van der Waals surface area contributed by atoms with Gasteiger partial charge in [-0.15, -0.1) is 0 Å². The molecule has 1 heterocycles. The van der Waals surface area contributed by atoms with Gasteiger partial charge in [0.05, 0.1) is 6.20 Å². The fourth-order valence-corrected chi connectivity index (χ4v) is 2.83. The van der Waals surface area contributed by atoms with E-state index < -0.39 is 5.82 Å². The Hall–Kier alpha value is -1.43. The van der Waals surface area contributed by atoms with E-state index in [2.05, 4.69) is 20.6 Å². The molecule has 118 valence electrons. The lowest BCUT2D eigenvalue weighted by atomic mass is 9.79. The van der Waals surface area contributed by atoms with Crippen molar-refractivity contribution in [3.8, 4) is 0 Å². The minimum Gasteiger partial charge on any atom is -0.396 e. The first kappa shape index (κ1) is 15.9. The molecule has 1 aliphatic carbocycles. The number of halogens is 1. The Bertz CT molecular complexity index is 444. The first-order valence-corrected chi connectivity index (χ1v) is 7.85. The van der Waals surface area contributed by atoms with E-state index in [1.54, 1.807) is 0 Å². The van der Waals surface area contributed by atoms with Crippen molar-refractivity contribution < 1.29 is 9.50 Å². The second kappa shape index (κ2) is 8.12. The number of rotatable bonds is 7. The average molecular weight is 296 g/mol. The molecule has 1 fully saturated rings. The van der Waals surface area contributed by atoms with Gasteiger partial charge < -0.3 is 15.7 Å². The molecule has 6 heteroatoms. The van der Waals surface area contributed by atoms with E-state index in [1.165, 1.54) is 19.0 Å². The van der Waals surface area contributed by atoms with Crippen LogP contribution in [-0.2, 0) is 0 Å². The van der Waals surface area contributed by atoms with Crippen molar-refractivity contribution in [3.05, 3.63) is 12.0 Å². The Kier molecular flexibility index (Phi) is 6.17. The van der Waals surface area contributed by atoms with E-state index in [9.17, 15) is 9.50 Å². The molecule has 5 nitrogen and oxygen atoms in total. The molecular formula is C15H25FN4O. The molecule has 2 atom stereocenters. The zero-order chi connectivity index (χ0) is 15.1. The van der Waals surface area contributed by atoms with E-state index in [1.807, 2.05) is 6.92 Å². The van der Waals surface area contributed by atoms with Crippen LogP contribution in [0.4, 0.5) is 16.2 Å². The fraction of sp³-hybridized carbons (Fsp3) is 0.733. The van der Waals surface area contributed by atoms with E-state index in [4.69, 9.17) is 0 Å². The van der Waals surface area contributed by atoms with Crippen molar-refractivity contribution in [3.63, 3.8) is 0 Å². The molecule has 1 aromatic heterocycles. The van der Waals surface area contributed by atoms with Crippen LogP contribution < -0.4 is 10.6 Å². The number of nitrogens with zero attached hydrogens (tertiary/aromatic N) is 2. The van der Waals surface area contributed by atoms with Gasteiger partial charge in [0.25, 0.3) is 0 Å². The highest BCUT2D eigenvalue weighted by Crippen LogP contribution is 2.30. The lowest BCUT2D eigenvalue weighted by Crippen LogP contribution is -2.29. The van der Waals surface area contributed by atoms with Crippen LogP contribution in [0.2, 0.25) is 0 Å². The summed E-state index contributed by atoms with van der Waals surface area (Å²) >= 11 is 0. The third-order valence-corrected chi connectivity index (χ3v) is 4.11. The predicted molar refractivity (Wildman–Crippen MR) is 81.8 cm³/mol. The molecule has 3 N–H and O–H groups in total. The second-order valence-electron chi connectivity index (χ2n) is 5.69. The molecule has 2 unspecified atom stereocenters. The van der Waals surface area contributed by atoms with Gasteiger partial charge in [0.1, 0.15) is 0 Å². The van der Waals surface area contributed by atoms with E-state index in [-0.39, 0.29) is 12.4 Å². The van der Waals surface area contributed by atoms with E-state index >= 15 is 0 Å². The maximum Gasteiger partial charge on any atom is 0.224 e.